The molecule has 0 aliphatic rings. The topological polar surface area (TPSA) is 0 Å². The Kier molecular flexibility index (Phi) is 6.13. The number of hydrogen-bond acceptors (Lipinski definition) is 0. The molecule has 0 spiro atoms. The van der Waals surface area contributed by atoms with Gasteiger partial charge in [-0.05, 0) is 30.6 Å². The molecule has 0 aromatic rings. The fourth-order valence-electron chi connectivity index (χ4n) is 1.16. The average molecular weight is 186 g/mol. The van der Waals surface area contributed by atoms with Crippen LogP contribution in [0, 0.1) is 0 Å². The summed E-state index contributed by atoms with van der Waals surface area (Å²) in [6, 6.07) is 0. The molecule has 0 heterocycles. The monoisotopic (exact) mass is 186 g/mol. The van der Waals surface area contributed by atoms with Crippen LogP contribution < -0.4 is 0 Å². The van der Waals surface area contributed by atoms with Crippen LogP contribution in [0.5, 0.6) is 0 Å². The quantitative estimate of drug-likeness (QED) is 0.559. The summed E-state index contributed by atoms with van der Waals surface area (Å²) in [4.78, 5) is 0. The van der Waals surface area contributed by atoms with Gasteiger partial charge in [-0.2, -0.15) is 0 Å². The molecular formula is C14H18. The van der Waals surface area contributed by atoms with E-state index in [4.69, 9.17) is 0 Å². The van der Waals surface area contributed by atoms with Crippen LogP contribution in [0.15, 0.2) is 72.9 Å². The van der Waals surface area contributed by atoms with Crippen molar-refractivity contribution in [1.82, 2.24) is 0 Å². The van der Waals surface area contributed by atoms with Gasteiger partial charge < -0.3 is 0 Å². The standard InChI is InChI=1S/C14H18/c1-6-10-13(11-7-2)14(9-4)12(5)8-3/h6-11H,1,3-4H2,2,5H3/b11-7-,13-10+,14-12+. The number of allylic oxidation sites excluding steroid dienone is 9. The maximum atomic E-state index is 3.80. The molecule has 0 saturated carbocycles. The van der Waals surface area contributed by atoms with Crippen molar-refractivity contribution in [2.45, 2.75) is 13.8 Å². The molecule has 0 atom stereocenters. The molecule has 0 saturated heterocycles. The number of hydrogen-bond donors (Lipinski definition) is 0. The van der Waals surface area contributed by atoms with E-state index in [1.165, 1.54) is 0 Å². The van der Waals surface area contributed by atoms with Crippen molar-refractivity contribution in [3.8, 4) is 0 Å². The van der Waals surface area contributed by atoms with Crippen molar-refractivity contribution in [2.75, 3.05) is 0 Å². The van der Waals surface area contributed by atoms with E-state index >= 15 is 0 Å². The molecule has 0 amide bonds. The van der Waals surface area contributed by atoms with E-state index in [9.17, 15) is 0 Å². The first-order valence-corrected chi connectivity index (χ1v) is 4.62. The van der Waals surface area contributed by atoms with Gasteiger partial charge in [0.15, 0.2) is 0 Å². The van der Waals surface area contributed by atoms with E-state index in [2.05, 4.69) is 19.7 Å². The first-order valence-electron chi connectivity index (χ1n) is 4.62. The Morgan fingerprint density at radius 1 is 1.07 bits per heavy atom. The molecule has 0 aromatic carbocycles. The molecule has 0 N–H and O–H groups in total. The lowest BCUT2D eigenvalue weighted by Crippen LogP contribution is -1.86. The Hall–Kier alpha value is -1.56. The molecule has 0 aromatic heterocycles. The van der Waals surface area contributed by atoms with E-state index in [0.29, 0.717) is 0 Å². The molecule has 0 unspecified atom stereocenters. The van der Waals surface area contributed by atoms with Gasteiger partial charge in [-0.1, -0.05) is 56.2 Å². The lowest BCUT2D eigenvalue weighted by molar-refractivity contribution is 1.40. The summed E-state index contributed by atoms with van der Waals surface area (Å²) >= 11 is 0. The Balaban J connectivity index is 5.37. The maximum absolute atomic E-state index is 3.80. The molecule has 0 fully saturated rings. The van der Waals surface area contributed by atoms with Crippen molar-refractivity contribution in [2.24, 2.45) is 0 Å². The van der Waals surface area contributed by atoms with Crippen molar-refractivity contribution < 1.29 is 0 Å². The summed E-state index contributed by atoms with van der Waals surface area (Å²) in [6.45, 7) is 15.2. The fraction of sp³-hybridized carbons (Fsp3) is 0.143. The fourth-order valence-corrected chi connectivity index (χ4v) is 1.16. The highest BCUT2D eigenvalue weighted by atomic mass is 14.0. The zero-order chi connectivity index (χ0) is 11.0. The smallest absolute Gasteiger partial charge is 0.0161 e. The van der Waals surface area contributed by atoms with Gasteiger partial charge in [-0.3, -0.25) is 0 Å². The Morgan fingerprint density at radius 2 is 1.71 bits per heavy atom. The van der Waals surface area contributed by atoms with E-state index in [1.54, 1.807) is 6.08 Å². The minimum Gasteiger partial charge on any atom is -0.0990 e. The minimum atomic E-state index is 1.10. The molecule has 0 heteroatoms. The van der Waals surface area contributed by atoms with Crippen LogP contribution in [-0.4, -0.2) is 0 Å². The van der Waals surface area contributed by atoms with Crippen molar-refractivity contribution in [1.29, 1.82) is 0 Å². The summed E-state index contributed by atoms with van der Waals surface area (Å²) in [5.74, 6) is 0. The third kappa shape index (κ3) is 3.44. The first kappa shape index (κ1) is 12.4. The molecule has 0 nitrogen and oxygen atoms in total. The van der Waals surface area contributed by atoms with E-state index in [-0.39, 0.29) is 0 Å². The Bertz CT molecular complexity index is 309. The highest BCUT2D eigenvalue weighted by Gasteiger charge is 1.99. The zero-order valence-corrected chi connectivity index (χ0v) is 9.09. The van der Waals surface area contributed by atoms with Crippen LogP contribution in [0.3, 0.4) is 0 Å². The SMILES string of the molecule is C=C/C=C(\C=C/C)C(/C=C)=C(\C)C=C. The Morgan fingerprint density at radius 3 is 2.07 bits per heavy atom. The lowest BCUT2D eigenvalue weighted by Gasteiger charge is -2.05. The van der Waals surface area contributed by atoms with E-state index in [0.717, 1.165) is 16.7 Å². The van der Waals surface area contributed by atoms with Crippen molar-refractivity contribution in [3.05, 3.63) is 72.9 Å². The highest BCUT2D eigenvalue weighted by molar-refractivity contribution is 5.51. The third-order valence-electron chi connectivity index (χ3n) is 1.89. The van der Waals surface area contributed by atoms with Crippen LogP contribution in [0.1, 0.15) is 13.8 Å². The van der Waals surface area contributed by atoms with Crippen LogP contribution in [0.4, 0.5) is 0 Å². The maximum Gasteiger partial charge on any atom is -0.0161 e. The second kappa shape index (κ2) is 6.90. The molecule has 0 aliphatic heterocycles. The predicted molar refractivity (Wildman–Crippen MR) is 66.2 cm³/mol. The third-order valence-corrected chi connectivity index (χ3v) is 1.89. The molecule has 0 bridgehead atoms. The van der Waals surface area contributed by atoms with Crippen LogP contribution in [0.2, 0.25) is 0 Å². The predicted octanol–water partition coefficient (Wildman–Crippen LogP) is 4.36. The largest absolute Gasteiger partial charge is 0.0990 e. The second-order valence-electron chi connectivity index (χ2n) is 2.86. The molecule has 74 valence electrons. The zero-order valence-electron chi connectivity index (χ0n) is 9.09. The summed E-state index contributed by atoms with van der Waals surface area (Å²) in [6.07, 6.45) is 11.4. The normalized spacial score (nSPS) is 13.7. The molecule has 0 radical (unpaired) electrons. The number of rotatable bonds is 5. The van der Waals surface area contributed by atoms with Crippen LogP contribution in [0.25, 0.3) is 0 Å². The summed E-state index contributed by atoms with van der Waals surface area (Å²) in [5, 5.41) is 0. The van der Waals surface area contributed by atoms with Crippen molar-refractivity contribution >= 4 is 0 Å². The van der Waals surface area contributed by atoms with E-state index < -0.39 is 0 Å². The highest BCUT2D eigenvalue weighted by Crippen LogP contribution is 2.18. The molecule has 0 aliphatic carbocycles. The van der Waals surface area contributed by atoms with Gasteiger partial charge >= 0.3 is 0 Å². The summed E-state index contributed by atoms with van der Waals surface area (Å²) in [5.41, 5.74) is 3.32. The van der Waals surface area contributed by atoms with Gasteiger partial charge in [0, 0.05) is 0 Å². The van der Waals surface area contributed by atoms with Crippen LogP contribution >= 0.6 is 0 Å². The molecular weight excluding hydrogens is 168 g/mol. The average Bonchev–Trinajstić information content (AvgIpc) is 2.19. The van der Waals surface area contributed by atoms with Gasteiger partial charge in [-0.25, -0.2) is 0 Å². The second-order valence-corrected chi connectivity index (χ2v) is 2.86. The van der Waals surface area contributed by atoms with Gasteiger partial charge in [-0.15, -0.1) is 0 Å². The molecule has 0 rings (SSSR count). The van der Waals surface area contributed by atoms with E-state index in [1.807, 2.05) is 44.2 Å². The van der Waals surface area contributed by atoms with Gasteiger partial charge in [0.25, 0.3) is 0 Å². The first-order chi connectivity index (χ1) is 6.71. The Labute approximate surface area is 87.3 Å². The van der Waals surface area contributed by atoms with Crippen molar-refractivity contribution in [3.63, 3.8) is 0 Å². The summed E-state index contributed by atoms with van der Waals surface area (Å²) in [7, 11) is 0. The van der Waals surface area contributed by atoms with Gasteiger partial charge in [0.1, 0.15) is 0 Å². The lowest BCUT2D eigenvalue weighted by atomic mass is 10.00. The van der Waals surface area contributed by atoms with Crippen LogP contribution in [-0.2, 0) is 0 Å². The minimum absolute atomic E-state index is 1.10. The van der Waals surface area contributed by atoms with Gasteiger partial charge in [0.05, 0.1) is 0 Å². The summed E-state index contributed by atoms with van der Waals surface area (Å²) < 4.78 is 0. The molecule has 14 heavy (non-hydrogen) atoms. The van der Waals surface area contributed by atoms with Gasteiger partial charge in [0.2, 0.25) is 0 Å².